The Bertz CT molecular complexity index is 654. The molecule has 116 valence electrons. The lowest BCUT2D eigenvalue weighted by atomic mass is 10.2. The molecular weight excluding hydrogens is 280 g/mol. The number of hydrogen-bond acceptors (Lipinski definition) is 6. The molecule has 1 aromatic heterocycles. The number of nitrogens with zero attached hydrogens (tertiary/aromatic N) is 3. The number of fused-ring (bicyclic) bond motifs is 1. The van der Waals surface area contributed by atoms with Crippen LogP contribution in [0.2, 0.25) is 0 Å². The van der Waals surface area contributed by atoms with E-state index in [0.29, 0.717) is 18.4 Å². The first-order valence-electron chi connectivity index (χ1n) is 7.49. The number of ether oxygens (including phenoxy) is 1. The molecule has 2 heterocycles. The fraction of sp³-hybridized carbons (Fsp3) is 0.375. The monoisotopic (exact) mass is 300 g/mol. The SMILES string of the molecule is OC/C=C\COc1nc(N2CCNCC2)nc2ccccc12. The molecule has 6 heteroatoms. The zero-order valence-electron chi connectivity index (χ0n) is 12.4. The van der Waals surface area contributed by atoms with Crippen molar-refractivity contribution >= 4 is 16.9 Å². The number of aliphatic hydroxyl groups is 1. The minimum absolute atomic E-state index is 0.0138. The summed E-state index contributed by atoms with van der Waals surface area (Å²) in [7, 11) is 0. The molecule has 1 aromatic carbocycles. The number of para-hydroxylation sites is 1. The molecule has 2 N–H and O–H groups in total. The minimum Gasteiger partial charge on any atom is -0.473 e. The minimum atomic E-state index is 0.0138. The number of aromatic nitrogens is 2. The maximum atomic E-state index is 8.77. The molecular formula is C16H20N4O2. The third kappa shape index (κ3) is 3.35. The second-order valence-electron chi connectivity index (χ2n) is 5.05. The molecule has 0 amide bonds. The predicted octanol–water partition coefficient (Wildman–Crippen LogP) is 0.967. The summed E-state index contributed by atoms with van der Waals surface area (Å²) in [5.74, 6) is 1.29. The molecule has 1 aliphatic heterocycles. The quantitative estimate of drug-likeness (QED) is 0.802. The van der Waals surface area contributed by atoms with E-state index in [1.165, 1.54) is 0 Å². The molecule has 0 saturated carbocycles. The molecule has 1 saturated heterocycles. The molecule has 22 heavy (non-hydrogen) atoms. The first-order chi connectivity index (χ1) is 10.9. The molecule has 0 unspecified atom stereocenters. The third-order valence-electron chi connectivity index (χ3n) is 3.54. The van der Waals surface area contributed by atoms with Gasteiger partial charge in [-0.25, -0.2) is 4.98 Å². The van der Waals surface area contributed by atoms with Gasteiger partial charge in [0.1, 0.15) is 6.61 Å². The maximum absolute atomic E-state index is 8.77. The lowest BCUT2D eigenvalue weighted by molar-refractivity contribution is 0.334. The van der Waals surface area contributed by atoms with Crippen molar-refractivity contribution < 1.29 is 9.84 Å². The Morgan fingerprint density at radius 1 is 1.18 bits per heavy atom. The number of anilines is 1. The van der Waals surface area contributed by atoms with E-state index < -0.39 is 0 Å². The number of benzene rings is 1. The summed E-state index contributed by atoms with van der Waals surface area (Å²) in [6.07, 6.45) is 3.43. The van der Waals surface area contributed by atoms with Gasteiger partial charge in [-0.3, -0.25) is 0 Å². The van der Waals surface area contributed by atoms with Crippen LogP contribution in [0, 0.1) is 0 Å². The fourth-order valence-electron chi connectivity index (χ4n) is 2.42. The highest BCUT2D eigenvalue weighted by Gasteiger charge is 2.16. The Balaban J connectivity index is 1.91. The van der Waals surface area contributed by atoms with Gasteiger partial charge in [-0.15, -0.1) is 0 Å². The van der Waals surface area contributed by atoms with Crippen molar-refractivity contribution in [3.05, 3.63) is 36.4 Å². The summed E-state index contributed by atoms with van der Waals surface area (Å²) < 4.78 is 5.76. The van der Waals surface area contributed by atoms with E-state index in [4.69, 9.17) is 9.84 Å². The first-order valence-corrected chi connectivity index (χ1v) is 7.49. The second kappa shape index (κ2) is 7.20. The Morgan fingerprint density at radius 2 is 2.00 bits per heavy atom. The van der Waals surface area contributed by atoms with Crippen LogP contribution in [-0.2, 0) is 0 Å². The average molecular weight is 300 g/mol. The van der Waals surface area contributed by atoms with E-state index in [2.05, 4.69) is 20.2 Å². The van der Waals surface area contributed by atoms with E-state index in [0.717, 1.165) is 37.1 Å². The lowest BCUT2D eigenvalue weighted by Gasteiger charge is -2.27. The van der Waals surface area contributed by atoms with Gasteiger partial charge in [0.15, 0.2) is 0 Å². The highest BCUT2D eigenvalue weighted by atomic mass is 16.5. The van der Waals surface area contributed by atoms with Gasteiger partial charge >= 0.3 is 0 Å². The van der Waals surface area contributed by atoms with E-state index >= 15 is 0 Å². The van der Waals surface area contributed by atoms with Crippen LogP contribution >= 0.6 is 0 Å². The molecule has 1 aliphatic rings. The number of nitrogens with one attached hydrogen (secondary N) is 1. The number of rotatable bonds is 5. The molecule has 0 radical (unpaired) electrons. The van der Waals surface area contributed by atoms with E-state index in [9.17, 15) is 0 Å². The lowest BCUT2D eigenvalue weighted by Crippen LogP contribution is -2.44. The van der Waals surface area contributed by atoms with Crippen LogP contribution in [0.15, 0.2) is 36.4 Å². The number of aliphatic hydroxyl groups excluding tert-OH is 1. The third-order valence-corrected chi connectivity index (χ3v) is 3.54. The standard InChI is InChI=1S/C16H20N4O2/c21-11-3-4-12-22-15-13-5-1-2-6-14(13)18-16(19-15)20-9-7-17-8-10-20/h1-6,17,21H,7-12H2/b4-3-. The van der Waals surface area contributed by atoms with Crippen LogP contribution in [0.3, 0.4) is 0 Å². The second-order valence-corrected chi connectivity index (χ2v) is 5.05. The van der Waals surface area contributed by atoms with Gasteiger partial charge in [0.25, 0.3) is 0 Å². The van der Waals surface area contributed by atoms with Crippen molar-refractivity contribution in [1.82, 2.24) is 15.3 Å². The highest BCUT2D eigenvalue weighted by molar-refractivity contribution is 5.84. The van der Waals surface area contributed by atoms with Crippen molar-refractivity contribution in [2.45, 2.75) is 0 Å². The molecule has 0 bridgehead atoms. The van der Waals surface area contributed by atoms with Crippen LogP contribution in [0.4, 0.5) is 5.95 Å². The van der Waals surface area contributed by atoms with Crippen molar-refractivity contribution in [3.8, 4) is 5.88 Å². The maximum Gasteiger partial charge on any atom is 0.229 e. The van der Waals surface area contributed by atoms with Gasteiger partial charge in [0.05, 0.1) is 17.5 Å². The summed E-state index contributed by atoms with van der Waals surface area (Å²) in [6, 6.07) is 7.85. The number of piperazine rings is 1. The van der Waals surface area contributed by atoms with Gasteiger partial charge in [0.2, 0.25) is 11.8 Å². The van der Waals surface area contributed by atoms with Crippen LogP contribution < -0.4 is 15.0 Å². The normalized spacial score (nSPS) is 15.6. The summed E-state index contributed by atoms with van der Waals surface area (Å²) in [6.45, 7) is 4.05. The smallest absolute Gasteiger partial charge is 0.229 e. The molecule has 0 spiro atoms. The highest BCUT2D eigenvalue weighted by Crippen LogP contribution is 2.25. The Morgan fingerprint density at radius 3 is 2.82 bits per heavy atom. The summed E-state index contributed by atoms with van der Waals surface area (Å²) in [4.78, 5) is 11.4. The summed E-state index contributed by atoms with van der Waals surface area (Å²) in [5, 5.41) is 13.0. The van der Waals surface area contributed by atoms with E-state index in [1.807, 2.05) is 24.3 Å². The average Bonchev–Trinajstić information content (AvgIpc) is 2.59. The zero-order chi connectivity index (χ0) is 15.2. The van der Waals surface area contributed by atoms with E-state index in [-0.39, 0.29) is 6.61 Å². The summed E-state index contributed by atoms with van der Waals surface area (Å²) in [5.41, 5.74) is 0.882. The van der Waals surface area contributed by atoms with Crippen molar-refractivity contribution in [2.24, 2.45) is 0 Å². The summed E-state index contributed by atoms with van der Waals surface area (Å²) >= 11 is 0. The largest absolute Gasteiger partial charge is 0.473 e. The van der Waals surface area contributed by atoms with Crippen LogP contribution in [0.1, 0.15) is 0 Å². The van der Waals surface area contributed by atoms with Crippen LogP contribution in [0.5, 0.6) is 5.88 Å². The molecule has 2 aromatic rings. The molecule has 0 atom stereocenters. The van der Waals surface area contributed by atoms with Crippen molar-refractivity contribution in [1.29, 1.82) is 0 Å². The van der Waals surface area contributed by atoms with E-state index in [1.54, 1.807) is 12.2 Å². The Kier molecular flexibility index (Phi) is 4.82. The van der Waals surface area contributed by atoms with Gasteiger partial charge in [-0.05, 0) is 18.2 Å². The van der Waals surface area contributed by atoms with Gasteiger partial charge < -0.3 is 20.1 Å². The number of hydrogen-bond donors (Lipinski definition) is 2. The predicted molar refractivity (Wildman–Crippen MR) is 86.3 cm³/mol. The molecule has 0 aliphatic carbocycles. The van der Waals surface area contributed by atoms with Crippen molar-refractivity contribution in [3.63, 3.8) is 0 Å². The van der Waals surface area contributed by atoms with Crippen molar-refractivity contribution in [2.75, 3.05) is 44.3 Å². The zero-order valence-corrected chi connectivity index (χ0v) is 12.4. The first kappa shape index (κ1) is 14.7. The molecule has 1 fully saturated rings. The topological polar surface area (TPSA) is 70.5 Å². The fourth-order valence-corrected chi connectivity index (χ4v) is 2.42. The molecule has 6 nitrogen and oxygen atoms in total. The van der Waals surface area contributed by atoms with Crippen LogP contribution in [0.25, 0.3) is 10.9 Å². The van der Waals surface area contributed by atoms with Crippen LogP contribution in [-0.4, -0.2) is 54.5 Å². The Hall–Kier alpha value is -2.18. The van der Waals surface area contributed by atoms with Gasteiger partial charge in [0, 0.05) is 26.2 Å². The Labute approximate surface area is 129 Å². The van der Waals surface area contributed by atoms with Gasteiger partial charge in [-0.1, -0.05) is 18.2 Å². The molecule has 3 rings (SSSR count). The van der Waals surface area contributed by atoms with Gasteiger partial charge in [-0.2, -0.15) is 4.98 Å².